The predicted octanol–water partition coefficient (Wildman–Crippen LogP) is 4.77. The second-order valence-electron chi connectivity index (χ2n) is 11.9. The standard InChI is InChI=1S/C34H38N6O5S/c1-43-28-18-29-26(17-25(28)23-16-24(20-36-19-23)44-14-4-9-35)32-27(21-45-29)31(37-40(32)30-8-3-15-46-30)34(42)39-11-5-10-38(12-13-39)33(41)22-6-2-7-22/h3,8,15-20,22H,2,4-7,9-14,21,35H2,1H3. The summed E-state index contributed by atoms with van der Waals surface area (Å²) in [4.78, 5) is 35.3. The Bertz CT molecular complexity index is 1730. The number of pyridine rings is 1. The first-order valence-corrected chi connectivity index (χ1v) is 16.8. The number of carbonyl (C=O) groups is 2. The lowest BCUT2D eigenvalue weighted by molar-refractivity contribution is -0.138. The van der Waals surface area contributed by atoms with E-state index in [9.17, 15) is 9.59 Å². The maximum absolute atomic E-state index is 14.2. The Morgan fingerprint density at radius 2 is 1.91 bits per heavy atom. The van der Waals surface area contributed by atoms with Crippen molar-refractivity contribution in [3.63, 3.8) is 0 Å². The van der Waals surface area contributed by atoms with Crippen molar-refractivity contribution < 1.29 is 23.8 Å². The van der Waals surface area contributed by atoms with Crippen molar-refractivity contribution >= 4 is 23.2 Å². The molecule has 0 atom stereocenters. The molecule has 0 radical (unpaired) electrons. The molecular weight excluding hydrogens is 604 g/mol. The molecule has 1 aromatic carbocycles. The predicted molar refractivity (Wildman–Crippen MR) is 175 cm³/mol. The zero-order valence-electron chi connectivity index (χ0n) is 25.9. The molecule has 0 unspecified atom stereocenters. The first kappa shape index (κ1) is 30.2. The van der Waals surface area contributed by atoms with Gasteiger partial charge in [-0.05, 0) is 61.9 Å². The molecule has 2 N–H and O–H groups in total. The van der Waals surface area contributed by atoms with E-state index in [1.807, 2.05) is 50.2 Å². The number of benzene rings is 1. The van der Waals surface area contributed by atoms with Crippen LogP contribution in [-0.2, 0) is 11.4 Å². The number of ether oxygens (including phenoxy) is 3. The second-order valence-corrected chi connectivity index (χ2v) is 12.8. The minimum Gasteiger partial charge on any atom is -0.496 e. The van der Waals surface area contributed by atoms with Crippen LogP contribution in [0.3, 0.4) is 0 Å². The summed E-state index contributed by atoms with van der Waals surface area (Å²) < 4.78 is 19.8. The Morgan fingerprint density at radius 1 is 1.07 bits per heavy atom. The molecule has 1 aliphatic carbocycles. The summed E-state index contributed by atoms with van der Waals surface area (Å²) in [5.74, 6) is 2.17. The van der Waals surface area contributed by atoms with E-state index >= 15 is 0 Å². The van der Waals surface area contributed by atoms with Crippen molar-refractivity contribution in [2.45, 2.75) is 38.7 Å². The van der Waals surface area contributed by atoms with E-state index in [2.05, 4.69) is 4.98 Å². The lowest BCUT2D eigenvalue weighted by Gasteiger charge is -2.31. The fraction of sp³-hybridized carbons (Fsp3) is 0.412. The Kier molecular flexibility index (Phi) is 8.63. The number of fused-ring (bicyclic) bond motifs is 3. The summed E-state index contributed by atoms with van der Waals surface area (Å²) in [5, 5.41) is 7.84. The van der Waals surface area contributed by atoms with E-state index in [4.69, 9.17) is 25.0 Å². The number of hydrogen-bond donors (Lipinski definition) is 1. The van der Waals surface area contributed by atoms with E-state index in [0.29, 0.717) is 62.3 Å². The van der Waals surface area contributed by atoms with Gasteiger partial charge in [0.1, 0.15) is 28.9 Å². The Morgan fingerprint density at radius 3 is 2.67 bits per heavy atom. The van der Waals surface area contributed by atoms with E-state index < -0.39 is 0 Å². The number of amides is 2. The van der Waals surface area contributed by atoms with Crippen LogP contribution < -0.4 is 19.9 Å². The molecule has 46 heavy (non-hydrogen) atoms. The van der Waals surface area contributed by atoms with Crippen LogP contribution in [0.5, 0.6) is 17.2 Å². The highest BCUT2D eigenvalue weighted by molar-refractivity contribution is 7.12. The van der Waals surface area contributed by atoms with Crippen molar-refractivity contribution in [1.29, 1.82) is 0 Å². The number of methoxy groups -OCH3 is 1. The van der Waals surface area contributed by atoms with Gasteiger partial charge in [-0.15, -0.1) is 11.3 Å². The molecule has 3 aliphatic rings. The normalized spacial score (nSPS) is 16.1. The zero-order valence-corrected chi connectivity index (χ0v) is 26.8. The molecule has 0 spiro atoms. The number of aromatic nitrogens is 3. The molecule has 5 heterocycles. The van der Waals surface area contributed by atoms with Crippen LogP contribution in [0.15, 0.2) is 48.1 Å². The quantitative estimate of drug-likeness (QED) is 0.259. The van der Waals surface area contributed by atoms with Crippen LogP contribution in [0.2, 0.25) is 0 Å². The Labute approximate surface area is 271 Å². The molecule has 12 heteroatoms. The number of rotatable bonds is 9. The van der Waals surface area contributed by atoms with Gasteiger partial charge in [-0.25, -0.2) is 4.68 Å². The average molecular weight is 643 g/mol. The highest BCUT2D eigenvalue weighted by Crippen LogP contribution is 2.46. The van der Waals surface area contributed by atoms with Crippen molar-refractivity contribution in [1.82, 2.24) is 24.6 Å². The van der Waals surface area contributed by atoms with Gasteiger partial charge in [0.2, 0.25) is 5.91 Å². The van der Waals surface area contributed by atoms with Gasteiger partial charge in [-0.3, -0.25) is 14.6 Å². The number of thiophene rings is 1. The fourth-order valence-corrected chi connectivity index (χ4v) is 7.00. The molecular formula is C34H38N6O5S. The molecule has 3 aromatic heterocycles. The topological polar surface area (TPSA) is 125 Å². The van der Waals surface area contributed by atoms with Gasteiger partial charge in [-0.1, -0.05) is 6.42 Å². The molecule has 1 saturated heterocycles. The van der Waals surface area contributed by atoms with Crippen molar-refractivity contribution in [3.8, 4) is 44.6 Å². The van der Waals surface area contributed by atoms with Crippen molar-refractivity contribution in [2.75, 3.05) is 46.4 Å². The van der Waals surface area contributed by atoms with E-state index in [0.717, 1.165) is 65.1 Å². The highest BCUT2D eigenvalue weighted by atomic mass is 32.1. The summed E-state index contributed by atoms with van der Waals surface area (Å²) in [6.45, 7) is 3.52. The van der Waals surface area contributed by atoms with Gasteiger partial charge < -0.3 is 29.7 Å². The number of nitrogens with zero attached hydrogens (tertiary/aromatic N) is 5. The summed E-state index contributed by atoms with van der Waals surface area (Å²) >= 11 is 1.55. The van der Waals surface area contributed by atoms with Crippen molar-refractivity contribution in [3.05, 3.63) is 59.4 Å². The fourth-order valence-electron chi connectivity index (χ4n) is 6.32. The molecule has 2 aliphatic heterocycles. The smallest absolute Gasteiger partial charge is 0.274 e. The van der Waals surface area contributed by atoms with Crippen LogP contribution in [0.1, 0.15) is 48.2 Å². The third-order valence-corrected chi connectivity index (χ3v) is 9.86. The van der Waals surface area contributed by atoms with Crippen molar-refractivity contribution in [2.24, 2.45) is 11.7 Å². The SMILES string of the molecule is COc1cc2c(cc1-c1cncc(OCCCN)c1)-c1c(c(C(=O)N3CCCN(C(=O)C4CCC4)CC3)nn1-c1cccs1)CO2. The molecule has 240 valence electrons. The molecule has 4 aromatic rings. The van der Waals surface area contributed by atoms with Gasteiger partial charge in [0.25, 0.3) is 5.91 Å². The van der Waals surface area contributed by atoms with Crippen LogP contribution in [0.25, 0.3) is 27.4 Å². The van der Waals surface area contributed by atoms with Gasteiger partial charge in [0, 0.05) is 66.6 Å². The minimum absolute atomic E-state index is 0.142. The van der Waals surface area contributed by atoms with E-state index in [1.165, 1.54) is 0 Å². The number of hydrogen-bond acceptors (Lipinski definition) is 9. The summed E-state index contributed by atoms with van der Waals surface area (Å²) in [7, 11) is 1.63. The molecule has 11 nitrogen and oxygen atoms in total. The summed E-state index contributed by atoms with van der Waals surface area (Å²) in [6.07, 6.45) is 8.01. The molecule has 1 saturated carbocycles. The lowest BCUT2D eigenvalue weighted by Crippen LogP contribution is -2.41. The van der Waals surface area contributed by atoms with Crippen LogP contribution >= 0.6 is 11.3 Å². The highest BCUT2D eigenvalue weighted by Gasteiger charge is 2.35. The minimum atomic E-state index is -0.142. The monoisotopic (exact) mass is 642 g/mol. The molecule has 2 amide bonds. The lowest BCUT2D eigenvalue weighted by atomic mass is 9.84. The maximum atomic E-state index is 14.2. The molecule has 7 rings (SSSR count). The Hall–Kier alpha value is -4.42. The molecule has 2 fully saturated rings. The number of nitrogens with two attached hydrogens (primary N) is 1. The largest absolute Gasteiger partial charge is 0.496 e. The maximum Gasteiger partial charge on any atom is 0.274 e. The summed E-state index contributed by atoms with van der Waals surface area (Å²) in [6, 6.07) is 9.80. The Balaban J connectivity index is 1.25. The molecule has 0 bridgehead atoms. The van der Waals surface area contributed by atoms with Crippen LogP contribution in [0.4, 0.5) is 0 Å². The first-order chi connectivity index (χ1) is 22.6. The third kappa shape index (κ3) is 5.71. The van der Waals surface area contributed by atoms with Gasteiger partial charge in [0.05, 0.1) is 25.6 Å². The second kappa shape index (κ2) is 13.1. The summed E-state index contributed by atoms with van der Waals surface area (Å²) in [5.41, 5.74) is 10.0. The van der Waals surface area contributed by atoms with Gasteiger partial charge in [-0.2, -0.15) is 5.10 Å². The van der Waals surface area contributed by atoms with Gasteiger partial charge >= 0.3 is 0 Å². The van der Waals surface area contributed by atoms with Gasteiger partial charge in [0.15, 0.2) is 5.69 Å². The van der Waals surface area contributed by atoms with Crippen LogP contribution in [-0.4, -0.2) is 82.8 Å². The van der Waals surface area contributed by atoms with Crippen LogP contribution in [0, 0.1) is 5.92 Å². The van der Waals surface area contributed by atoms with E-state index in [-0.39, 0.29) is 24.3 Å². The average Bonchev–Trinajstić information content (AvgIpc) is 3.65. The third-order valence-electron chi connectivity index (χ3n) is 9.02. The zero-order chi connectivity index (χ0) is 31.6. The first-order valence-electron chi connectivity index (χ1n) is 15.9. The number of carbonyl (C=O) groups excluding carboxylic acids is 2. The van der Waals surface area contributed by atoms with E-state index in [1.54, 1.807) is 30.8 Å².